The van der Waals surface area contributed by atoms with E-state index in [9.17, 15) is 0 Å². The summed E-state index contributed by atoms with van der Waals surface area (Å²) >= 11 is 1.49. The van der Waals surface area contributed by atoms with Crippen LogP contribution in [0.2, 0.25) is 0 Å². The second-order valence-electron chi connectivity index (χ2n) is 9.55. The second-order valence-corrected chi connectivity index (χ2v) is 10.2. The third-order valence-corrected chi connectivity index (χ3v) is 1.77. The first-order chi connectivity index (χ1) is 16.9. The molecule has 208 valence electrons. The Labute approximate surface area is 223 Å². The summed E-state index contributed by atoms with van der Waals surface area (Å²) in [5, 5.41) is 16.2. The van der Waals surface area contributed by atoms with Crippen molar-refractivity contribution in [2.45, 2.75) is 83.1 Å². The van der Waals surface area contributed by atoms with Gasteiger partial charge in [0.1, 0.15) is 30.0 Å². The van der Waals surface area contributed by atoms with Gasteiger partial charge in [0.25, 0.3) is 0 Å². The maximum atomic E-state index is 4.22. The molecule has 10 nitrogen and oxygen atoms in total. The van der Waals surface area contributed by atoms with Gasteiger partial charge in [0.05, 0.1) is 6.54 Å². The lowest BCUT2D eigenvalue weighted by atomic mass is 10.3. The van der Waals surface area contributed by atoms with Crippen molar-refractivity contribution in [2.24, 2.45) is 33.7 Å². The summed E-state index contributed by atoms with van der Waals surface area (Å²) in [6, 6.07) is 0. The van der Waals surface area contributed by atoms with Gasteiger partial charge in [0.15, 0.2) is 6.33 Å². The molecule has 1 N–H and O–H groups in total. The highest BCUT2D eigenvalue weighted by Gasteiger charge is 1.73. The van der Waals surface area contributed by atoms with Crippen molar-refractivity contribution >= 4 is 23.9 Å². The number of hydrogen-bond acceptors (Lipinski definition) is 10. The van der Waals surface area contributed by atoms with E-state index in [0.29, 0.717) is 0 Å². The van der Waals surface area contributed by atoms with E-state index in [4.69, 9.17) is 0 Å². The van der Waals surface area contributed by atoms with Crippen LogP contribution in [0.4, 0.5) is 0 Å². The van der Waals surface area contributed by atoms with Gasteiger partial charge in [-0.1, -0.05) is 88.2 Å². The number of rotatable bonds is 0. The Morgan fingerprint density at radius 1 is 0.722 bits per heavy atom. The number of nitrogens with one attached hydrogen (secondary N) is 1. The van der Waals surface area contributed by atoms with Gasteiger partial charge in [-0.2, -0.15) is 5.10 Å². The number of hydrogen-bond donors (Lipinski definition) is 1. The fourth-order valence-corrected chi connectivity index (χ4v) is 0.947. The molecule has 0 bridgehead atoms. The smallest absolute Gasteiger partial charge is 0.213 e. The molecule has 0 spiro atoms. The molecule has 3 aromatic heterocycles. The zero-order chi connectivity index (χ0) is 28.5. The monoisotopic (exact) mass is 525 g/mol. The molecule has 1 aliphatic heterocycles. The standard InChI is InChI=1S/4C4H10.C3H4N2.C2H3N3.C2H2N2O.C2H2N2S/c4*1-4(2)3;1-2-5-3-4-1;2*1-3-2-5-4-1;1-3-4-2-5-1/h4*4H,1-3H3;1,3H,2H2;1-2H,(H,3,4,5);2*1-2H. The van der Waals surface area contributed by atoms with Gasteiger partial charge >= 0.3 is 0 Å². The minimum atomic E-state index is 0.778. The largest absolute Gasteiger partial charge is 0.343 e. The maximum Gasteiger partial charge on any atom is 0.213 e. The molecular formula is C25H51N9OS. The minimum absolute atomic E-state index is 0.778. The van der Waals surface area contributed by atoms with Gasteiger partial charge in [0, 0.05) is 6.21 Å². The quantitative estimate of drug-likeness (QED) is 0.329. The van der Waals surface area contributed by atoms with Crippen molar-refractivity contribution in [3.05, 3.63) is 36.4 Å². The summed E-state index contributed by atoms with van der Waals surface area (Å²) in [5.74, 6) is 3.33. The van der Waals surface area contributed by atoms with Crippen molar-refractivity contribution in [1.82, 2.24) is 35.5 Å². The molecule has 0 unspecified atom stereocenters. The third-order valence-electron chi connectivity index (χ3n) is 1.34. The Balaban J connectivity index is -0.000000163. The molecule has 0 atom stereocenters. The molecule has 4 heterocycles. The Morgan fingerprint density at radius 2 is 1.22 bits per heavy atom. The van der Waals surface area contributed by atoms with E-state index in [1.54, 1.807) is 23.6 Å². The van der Waals surface area contributed by atoms with Gasteiger partial charge in [0.2, 0.25) is 6.39 Å². The Hall–Kier alpha value is -2.82. The zero-order valence-electron chi connectivity index (χ0n) is 24.5. The van der Waals surface area contributed by atoms with Crippen LogP contribution in [-0.2, 0) is 0 Å². The van der Waals surface area contributed by atoms with Crippen LogP contribution >= 0.6 is 11.3 Å². The molecule has 0 saturated carbocycles. The summed E-state index contributed by atoms with van der Waals surface area (Å²) in [7, 11) is 0. The van der Waals surface area contributed by atoms with Gasteiger partial charge in [-0.15, -0.1) is 21.5 Å². The number of aromatic amines is 1. The van der Waals surface area contributed by atoms with Crippen molar-refractivity contribution < 1.29 is 4.52 Å². The molecular weight excluding hydrogens is 474 g/mol. The Morgan fingerprint density at radius 3 is 1.33 bits per heavy atom. The topological polar surface area (TPSA) is 131 Å². The van der Waals surface area contributed by atoms with Gasteiger partial charge in [-0.25, -0.2) is 15.0 Å². The first-order valence-electron chi connectivity index (χ1n) is 12.1. The fraction of sp³-hybridized carbons (Fsp3) is 0.680. The molecule has 4 rings (SSSR count). The van der Waals surface area contributed by atoms with E-state index in [2.05, 4.69) is 133 Å². The highest BCUT2D eigenvalue weighted by atomic mass is 32.1. The molecule has 36 heavy (non-hydrogen) atoms. The first kappa shape index (κ1) is 40.4. The van der Waals surface area contributed by atoms with Gasteiger partial charge < -0.3 is 4.52 Å². The highest BCUT2D eigenvalue weighted by molar-refractivity contribution is 7.07. The van der Waals surface area contributed by atoms with Gasteiger partial charge in [-0.3, -0.25) is 10.1 Å². The molecule has 0 aliphatic carbocycles. The summed E-state index contributed by atoms with van der Waals surface area (Å²) in [5.41, 5.74) is 3.36. The average Bonchev–Trinajstić information content (AvgIpc) is 3.60. The van der Waals surface area contributed by atoms with Crippen LogP contribution in [0.15, 0.2) is 50.9 Å². The maximum absolute atomic E-state index is 4.22. The summed E-state index contributed by atoms with van der Waals surface area (Å²) in [6.07, 6.45) is 8.88. The normalized spacial score (nSPS) is 9.78. The molecule has 0 aromatic carbocycles. The summed E-state index contributed by atoms with van der Waals surface area (Å²) in [4.78, 5) is 14.4. The van der Waals surface area contributed by atoms with E-state index < -0.39 is 0 Å². The van der Waals surface area contributed by atoms with Crippen LogP contribution in [0.1, 0.15) is 83.1 Å². The predicted molar refractivity (Wildman–Crippen MR) is 154 cm³/mol. The van der Waals surface area contributed by atoms with Crippen molar-refractivity contribution in [3.8, 4) is 0 Å². The van der Waals surface area contributed by atoms with E-state index >= 15 is 0 Å². The Kier molecular flexibility index (Phi) is 41.2. The number of aromatic nitrogens is 7. The van der Waals surface area contributed by atoms with E-state index in [0.717, 1.165) is 30.2 Å². The lowest BCUT2D eigenvalue weighted by Gasteiger charge is -1.79. The highest BCUT2D eigenvalue weighted by Crippen LogP contribution is 1.82. The molecule has 0 saturated heterocycles. The number of H-pyrrole nitrogens is 1. The lowest BCUT2D eigenvalue weighted by molar-refractivity contribution is 0.416. The van der Waals surface area contributed by atoms with Crippen molar-refractivity contribution in [2.75, 3.05) is 6.54 Å². The molecule has 0 fully saturated rings. The van der Waals surface area contributed by atoms with Crippen LogP contribution in [0, 0.1) is 23.7 Å². The van der Waals surface area contributed by atoms with Crippen LogP contribution in [0.25, 0.3) is 0 Å². The SMILES string of the molecule is C1=NC=NC1.CC(C)C.CC(C)C.CC(C)C.CC(C)C.c1nc[nH]n1.c1ncon1.c1nncs1. The Bertz CT molecular complexity index is 539. The number of aliphatic imine (C=N–C) groups is 2. The minimum Gasteiger partial charge on any atom is -0.343 e. The van der Waals surface area contributed by atoms with Gasteiger partial charge in [-0.05, 0) is 23.7 Å². The summed E-state index contributed by atoms with van der Waals surface area (Å²) < 4.78 is 4.22. The van der Waals surface area contributed by atoms with Crippen LogP contribution in [-0.4, -0.2) is 54.6 Å². The third kappa shape index (κ3) is 96.2. The average molecular weight is 526 g/mol. The van der Waals surface area contributed by atoms with Crippen LogP contribution in [0.3, 0.4) is 0 Å². The second kappa shape index (κ2) is 36.7. The van der Waals surface area contributed by atoms with E-state index in [-0.39, 0.29) is 0 Å². The molecule has 0 radical (unpaired) electrons. The predicted octanol–water partition coefficient (Wildman–Crippen LogP) is 7.16. The van der Waals surface area contributed by atoms with Crippen molar-refractivity contribution in [1.29, 1.82) is 0 Å². The zero-order valence-corrected chi connectivity index (χ0v) is 25.3. The molecule has 0 amide bonds. The molecule has 11 heteroatoms. The van der Waals surface area contributed by atoms with Crippen molar-refractivity contribution in [3.63, 3.8) is 0 Å². The first-order valence-corrected chi connectivity index (χ1v) is 13.0. The fourth-order valence-electron chi connectivity index (χ4n) is 0.675. The lowest BCUT2D eigenvalue weighted by Crippen LogP contribution is -1.66. The van der Waals surface area contributed by atoms with Crippen LogP contribution in [0.5, 0.6) is 0 Å². The van der Waals surface area contributed by atoms with E-state index in [1.165, 1.54) is 36.7 Å². The van der Waals surface area contributed by atoms with Crippen LogP contribution < -0.4 is 0 Å². The summed E-state index contributed by atoms with van der Waals surface area (Å²) in [6.45, 7) is 26.8. The number of nitrogens with zero attached hydrogens (tertiary/aromatic N) is 8. The van der Waals surface area contributed by atoms with E-state index in [1.807, 2.05) is 0 Å². The molecule has 3 aromatic rings. The molecule has 1 aliphatic rings.